The van der Waals surface area contributed by atoms with E-state index in [1.54, 1.807) is 0 Å². The average Bonchev–Trinajstić information content (AvgIpc) is 2.15. The zero-order chi connectivity index (χ0) is 5.40. The van der Waals surface area contributed by atoms with Gasteiger partial charge in [-0.3, -0.25) is 0 Å². The first-order chi connectivity index (χ1) is 3.97. The molecule has 46 valence electrons. The molecular weight excluding hydrogens is 124 g/mol. The minimum atomic E-state index is 0.556. The highest BCUT2D eigenvalue weighted by molar-refractivity contribution is 7.99. The molecule has 0 aliphatic carbocycles. The van der Waals surface area contributed by atoms with Crippen LogP contribution in [0.3, 0.4) is 0 Å². The lowest BCUT2D eigenvalue weighted by Crippen LogP contribution is -2.31. The first kappa shape index (κ1) is 5.05. The van der Waals surface area contributed by atoms with Crippen LogP contribution < -0.4 is 11.0 Å². The lowest BCUT2D eigenvalue weighted by Gasteiger charge is -1.99. The first-order valence-corrected chi connectivity index (χ1v) is 3.87. The van der Waals surface area contributed by atoms with E-state index >= 15 is 0 Å². The first-order valence-electron chi connectivity index (χ1n) is 2.71. The summed E-state index contributed by atoms with van der Waals surface area (Å²) in [6.07, 6.45) is 0. The maximum atomic E-state index is 4.80. The molecule has 2 saturated heterocycles. The molecule has 3 nitrogen and oxygen atoms in total. The monoisotopic (exact) mass is 132 g/mol. The van der Waals surface area contributed by atoms with Gasteiger partial charge < -0.3 is 0 Å². The summed E-state index contributed by atoms with van der Waals surface area (Å²) in [4.78, 5) is 4.80. The Kier molecular flexibility index (Phi) is 1.18. The summed E-state index contributed by atoms with van der Waals surface area (Å²) in [6.45, 7) is 0. The molecule has 2 heterocycles. The molecule has 2 aliphatic heterocycles. The van der Waals surface area contributed by atoms with Crippen LogP contribution in [0.5, 0.6) is 0 Å². The van der Waals surface area contributed by atoms with Gasteiger partial charge in [-0.15, -0.1) is 0 Å². The summed E-state index contributed by atoms with van der Waals surface area (Å²) in [5.41, 5.74) is 5.77. The molecule has 0 saturated carbocycles. The molecular formula is C4H8N2OS. The van der Waals surface area contributed by atoms with E-state index in [9.17, 15) is 0 Å². The summed E-state index contributed by atoms with van der Waals surface area (Å²) in [6, 6.07) is 1.11. The van der Waals surface area contributed by atoms with Crippen LogP contribution in [0, 0.1) is 0 Å². The molecule has 0 radical (unpaired) electrons. The van der Waals surface area contributed by atoms with Crippen molar-refractivity contribution in [3.63, 3.8) is 0 Å². The maximum absolute atomic E-state index is 4.80. The summed E-state index contributed by atoms with van der Waals surface area (Å²) < 4.78 is 0. The van der Waals surface area contributed by atoms with Crippen LogP contribution in [0.2, 0.25) is 0 Å². The molecule has 8 heavy (non-hydrogen) atoms. The molecule has 0 bridgehead atoms. The Hall–Kier alpha value is 0.230. The zero-order valence-electron chi connectivity index (χ0n) is 4.39. The highest BCUT2D eigenvalue weighted by Crippen LogP contribution is 2.20. The summed E-state index contributed by atoms with van der Waals surface area (Å²) in [7, 11) is 0. The quantitative estimate of drug-likeness (QED) is 0.466. The van der Waals surface area contributed by atoms with Crippen LogP contribution in [0.4, 0.5) is 0 Å². The second kappa shape index (κ2) is 1.88. The highest BCUT2D eigenvalue weighted by Gasteiger charge is 2.32. The van der Waals surface area contributed by atoms with Crippen molar-refractivity contribution in [2.45, 2.75) is 12.1 Å². The third kappa shape index (κ3) is 0.647. The van der Waals surface area contributed by atoms with Gasteiger partial charge in [-0.25, -0.2) is 4.94 Å². The Morgan fingerprint density at radius 3 is 2.50 bits per heavy atom. The molecule has 2 unspecified atom stereocenters. The molecule has 0 spiro atoms. The summed E-state index contributed by atoms with van der Waals surface area (Å²) in [5, 5.41) is 0. The Balaban J connectivity index is 2.04. The van der Waals surface area contributed by atoms with Gasteiger partial charge in [0.05, 0.1) is 12.1 Å². The molecule has 2 N–H and O–H groups in total. The molecule has 0 aromatic rings. The normalized spacial score (nSPS) is 45.0. The van der Waals surface area contributed by atoms with Gasteiger partial charge in [0.2, 0.25) is 0 Å². The minimum absolute atomic E-state index is 0.556. The van der Waals surface area contributed by atoms with Crippen molar-refractivity contribution in [2.24, 2.45) is 0 Å². The highest BCUT2D eigenvalue weighted by atomic mass is 32.2. The van der Waals surface area contributed by atoms with Crippen molar-refractivity contribution in [2.75, 3.05) is 11.5 Å². The van der Waals surface area contributed by atoms with Crippen molar-refractivity contribution >= 4 is 11.8 Å². The smallest absolute Gasteiger partial charge is 0.0616 e. The van der Waals surface area contributed by atoms with Gasteiger partial charge in [0, 0.05) is 11.5 Å². The molecule has 0 aromatic heterocycles. The van der Waals surface area contributed by atoms with Gasteiger partial charge in [-0.2, -0.15) is 22.7 Å². The van der Waals surface area contributed by atoms with Crippen molar-refractivity contribution in [1.29, 1.82) is 0 Å². The lowest BCUT2D eigenvalue weighted by molar-refractivity contribution is 0.0109. The zero-order valence-corrected chi connectivity index (χ0v) is 5.20. The van der Waals surface area contributed by atoms with Crippen LogP contribution in [0.1, 0.15) is 0 Å². The maximum Gasteiger partial charge on any atom is 0.0616 e. The lowest BCUT2D eigenvalue weighted by atomic mass is 10.2. The topological polar surface area (TPSA) is 33.3 Å². The Morgan fingerprint density at radius 1 is 1.25 bits per heavy atom. The Bertz CT molecular complexity index is 80.0. The SMILES string of the molecule is C1SCC2NONC12. The average molecular weight is 132 g/mol. The van der Waals surface area contributed by atoms with Gasteiger partial charge in [0.25, 0.3) is 0 Å². The predicted molar refractivity (Wildman–Crippen MR) is 32.3 cm³/mol. The van der Waals surface area contributed by atoms with Crippen molar-refractivity contribution < 1.29 is 4.94 Å². The fourth-order valence-electron chi connectivity index (χ4n) is 0.972. The fraction of sp³-hybridized carbons (Fsp3) is 1.00. The van der Waals surface area contributed by atoms with Crippen LogP contribution in [-0.2, 0) is 4.94 Å². The minimum Gasteiger partial charge on any atom is -0.213 e. The molecule has 2 rings (SSSR count). The van der Waals surface area contributed by atoms with Crippen LogP contribution in [0.25, 0.3) is 0 Å². The fourth-order valence-corrected chi connectivity index (χ4v) is 2.22. The van der Waals surface area contributed by atoms with E-state index in [-0.39, 0.29) is 0 Å². The number of hydrogen-bond acceptors (Lipinski definition) is 4. The summed E-state index contributed by atoms with van der Waals surface area (Å²) in [5.74, 6) is 2.36. The number of thioether (sulfide) groups is 1. The Labute approximate surface area is 52.1 Å². The second-order valence-electron chi connectivity index (χ2n) is 2.09. The van der Waals surface area contributed by atoms with Gasteiger partial charge in [-0.1, -0.05) is 0 Å². The standard InChI is InChI=1S/C4H8N2OS/c1-3-4(2-8-1)6-7-5-3/h3-6H,1-2H2. The summed E-state index contributed by atoms with van der Waals surface area (Å²) >= 11 is 1.96. The number of nitrogens with one attached hydrogen (secondary N) is 2. The largest absolute Gasteiger partial charge is 0.213 e. The van der Waals surface area contributed by atoms with Crippen molar-refractivity contribution in [3.8, 4) is 0 Å². The molecule has 0 aromatic carbocycles. The van der Waals surface area contributed by atoms with E-state index < -0.39 is 0 Å². The van der Waals surface area contributed by atoms with E-state index in [2.05, 4.69) is 11.0 Å². The molecule has 0 amide bonds. The van der Waals surface area contributed by atoms with Crippen LogP contribution in [-0.4, -0.2) is 23.6 Å². The van der Waals surface area contributed by atoms with E-state index in [1.807, 2.05) is 11.8 Å². The number of rotatable bonds is 0. The van der Waals surface area contributed by atoms with E-state index in [0.29, 0.717) is 12.1 Å². The van der Waals surface area contributed by atoms with Crippen molar-refractivity contribution in [3.05, 3.63) is 0 Å². The van der Waals surface area contributed by atoms with Gasteiger partial charge in [0.1, 0.15) is 0 Å². The predicted octanol–water partition coefficient (Wildman–Crippen LogP) is -0.490. The number of hydrogen-bond donors (Lipinski definition) is 2. The number of fused-ring (bicyclic) bond motifs is 1. The van der Waals surface area contributed by atoms with E-state index in [4.69, 9.17) is 4.94 Å². The molecule has 2 fully saturated rings. The van der Waals surface area contributed by atoms with Crippen LogP contribution >= 0.6 is 11.8 Å². The number of hydroxylamine groups is 2. The van der Waals surface area contributed by atoms with E-state index in [1.165, 1.54) is 11.5 Å². The van der Waals surface area contributed by atoms with Gasteiger partial charge >= 0.3 is 0 Å². The second-order valence-corrected chi connectivity index (χ2v) is 3.16. The van der Waals surface area contributed by atoms with Gasteiger partial charge in [-0.05, 0) is 0 Å². The van der Waals surface area contributed by atoms with E-state index in [0.717, 1.165) is 0 Å². The third-order valence-corrected chi connectivity index (χ3v) is 2.69. The molecule has 4 heteroatoms. The molecule has 2 atom stereocenters. The molecule has 2 aliphatic rings. The Morgan fingerprint density at radius 2 is 1.88 bits per heavy atom. The van der Waals surface area contributed by atoms with Crippen LogP contribution in [0.15, 0.2) is 0 Å². The van der Waals surface area contributed by atoms with Crippen molar-refractivity contribution in [1.82, 2.24) is 11.0 Å². The van der Waals surface area contributed by atoms with Gasteiger partial charge in [0.15, 0.2) is 0 Å². The third-order valence-electron chi connectivity index (χ3n) is 1.50.